The predicted molar refractivity (Wildman–Crippen MR) is 82.1 cm³/mol. The summed E-state index contributed by atoms with van der Waals surface area (Å²) in [5, 5.41) is 3.62. The Balaban J connectivity index is 2.12. The van der Waals surface area contributed by atoms with E-state index in [-0.39, 0.29) is 0 Å². The van der Waals surface area contributed by atoms with E-state index >= 15 is 0 Å². The molecule has 2 rings (SSSR count). The van der Waals surface area contributed by atoms with Crippen molar-refractivity contribution >= 4 is 22.9 Å². The minimum Gasteiger partial charge on any atom is -0.389 e. The molecule has 1 saturated carbocycles. The molecule has 0 amide bonds. The number of nitrogens with one attached hydrogen (secondary N) is 1. The van der Waals surface area contributed by atoms with Crippen LogP contribution in [-0.2, 0) is 0 Å². The molecule has 1 aliphatic carbocycles. The normalized spacial score (nSPS) is 23.7. The smallest absolute Gasteiger partial charge is 0.106 e. The summed E-state index contributed by atoms with van der Waals surface area (Å²) in [5.41, 5.74) is 9.09. The van der Waals surface area contributed by atoms with Crippen molar-refractivity contribution in [2.24, 2.45) is 11.7 Å². The molecule has 1 fully saturated rings. The largest absolute Gasteiger partial charge is 0.389 e. The maximum atomic E-state index is 5.78. The summed E-state index contributed by atoms with van der Waals surface area (Å²) >= 11 is 5.12. The molecule has 0 saturated heterocycles. The second-order valence-electron chi connectivity index (χ2n) is 5.51. The Hall–Kier alpha value is -1.09. The fourth-order valence-corrected chi connectivity index (χ4v) is 2.79. The van der Waals surface area contributed by atoms with Gasteiger partial charge in [-0.3, -0.25) is 0 Å². The summed E-state index contributed by atoms with van der Waals surface area (Å²) in [6.45, 7) is 4.43. The maximum absolute atomic E-state index is 5.78. The second kappa shape index (κ2) is 5.70. The topological polar surface area (TPSA) is 38.0 Å². The number of anilines is 1. The number of nitrogens with two attached hydrogens (primary N) is 1. The van der Waals surface area contributed by atoms with Gasteiger partial charge in [-0.2, -0.15) is 0 Å². The van der Waals surface area contributed by atoms with Crippen molar-refractivity contribution in [2.45, 2.75) is 45.6 Å². The van der Waals surface area contributed by atoms with Gasteiger partial charge in [0.25, 0.3) is 0 Å². The first-order valence-electron chi connectivity index (χ1n) is 6.73. The van der Waals surface area contributed by atoms with Crippen molar-refractivity contribution in [3.63, 3.8) is 0 Å². The molecule has 0 aromatic heterocycles. The lowest BCUT2D eigenvalue weighted by molar-refractivity contribution is 0.361. The van der Waals surface area contributed by atoms with Gasteiger partial charge < -0.3 is 11.1 Å². The summed E-state index contributed by atoms with van der Waals surface area (Å²) in [6, 6.07) is 6.79. The van der Waals surface area contributed by atoms with Crippen LogP contribution < -0.4 is 11.1 Å². The molecule has 0 aliphatic heterocycles. The highest BCUT2D eigenvalue weighted by Crippen LogP contribution is 2.27. The van der Waals surface area contributed by atoms with Crippen molar-refractivity contribution in [1.82, 2.24) is 0 Å². The highest BCUT2D eigenvalue weighted by molar-refractivity contribution is 7.80. The molecule has 2 nitrogen and oxygen atoms in total. The number of benzene rings is 1. The SMILES string of the molecule is Cc1ccc(C(N)=S)c(NC2CCC(C)CC2)c1. The van der Waals surface area contributed by atoms with Gasteiger partial charge in [0.05, 0.1) is 0 Å². The van der Waals surface area contributed by atoms with Crippen LogP contribution in [0.1, 0.15) is 43.7 Å². The molecule has 1 aromatic rings. The molecule has 1 aromatic carbocycles. The lowest BCUT2D eigenvalue weighted by atomic mass is 9.87. The van der Waals surface area contributed by atoms with Crippen molar-refractivity contribution in [1.29, 1.82) is 0 Å². The molecular weight excluding hydrogens is 240 g/mol. The van der Waals surface area contributed by atoms with E-state index in [4.69, 9.17) is 18.0 Å². The Morgan fingerprint density at radius 2 is 1.94 bits per heavy atom. The zero-order valence-corrected chi connectivity index (χ0v) is 12.0. The Bertz CT molecular complexity index is 434. The van der Waals surface area contributed by atoms with Crippen molar-refractivity contribution in [2.75, 3.05) is 5.32 Å². The van der Waals surface area contributed by atoms with Crippen LogP contribution >= 0.6 is 12.2 Å². The molecular formula is C15H22N2S. The zero-order chi connectivity index (χ0) is 13.1. The molecule has 0 heterocycles. The van der Waals surface area contributed by atoms with Gasteiger partial charge in [0.15, 0.2) is 0 Å². The monoisotopic (exact) mass is 262 g/mol. The molecule has 0 atom stereocenters. The van der Waals surface area contributed by atoms with Crippen LogP contribution in [0, 0.1) is 12.8 Å². The summed E-state index contributed by atoms with van der Waals surface area (Å²) < 4.78 is 0. The Kier molecular flexibility index (Phi) is 4.23. The number of rotatable bonds is 3. The summed E-state index contributed by atoms with van der Waals surface area (Å²) in [6.07, 6.45) is 5.11. The highest BCUT2D eigenvalue weighted by Gasteiger charge is 2.19. The third kappa shape index (κ3) is 3.22. The average Bonchev–Trinajstić information content (AvgIpc) is 2.32. The van der Waals surface area contributed by atoms with Gasteiger partial charge >= 0.3 is 0 Å². The lowest BCUT2D eigenvalue weighted by Gasteiger charge is -2.28. The van der Waals surface area contributed by atoms with E-state index in [1.54, 1.807) is 0 Å². The van der Waals surface area contributed by atoms with Crippen LogP contribution in [0.5, 0.6) is 0 Å². The Morgan fingerprint density at radius 1 is 1.28 bits per heavy atom. The fraction of sp³-hybridized carbons (Fsp3) is 0.533. The third-order valence-corrected chi connectivity index (χ3v) is 4.04. The quantitative estimate of drug-likeness (QED) is 0.817. The first-order chi connectivity index (χ1) is 8.56. The average molecular weight is 262 g/mol. The van der Waals surface area contributed by atoms with E-state index in [0.717, 1.165) is 17.2 Å². The van der Waals surface area contributed by atoms with Crippen molar-refractivity contribution in [3.05, 3.63) is 29.3 Å². The van der Waals surface area contributed by atoms with Crippen molar-refractivity contribution < 1.29 is 0 Å². The van der Waals surface area contributed by atoms with E-state index in [0.29, 0.717) is 11.0 Å². The van der Waals surface area contributed by atoms with E-state index < -0.39 is 0 Å². The first kappa shape index (κ1) is 13.3. The van der Waals surface area contributed by atoms with Crippen LogP contribution in [0.4, 0.5) is 5.69 Å². The van der Waals surface area contributed by atoms with E-state index in [1.807, 2.05) is 6.07 Å². The number of aryl methyl sites for hydroxylation is 1. The summed E-state index contributed by atoms with van der Waals surface area (Å²) in [7, 11) is 0. The van der Waals surface area contributed by atoms with Gasteiger partial charge in [-0.25, -0.2) is 0 Å². The number of hydrogen-bond acceptors (Lipinski definition) is 2. The first-order valence-corrected chi connectivity index (χ1v) is 7.14. The minimum absolute atomic E-state index is 0.474. The van der Waals surface area contributed by atoms with Crippen LogP contribution in [0.25, 0.3) is 0 Å². The Morgan fingerprint density at radius 3 is 2.56 bits per heavy atom. The van der Waals surface area contributed by atoms with Gasteiger partial charge in [-0.15, -0.1) is 0 Å². The van der Waals surface area contributed by atoms with E-state index in [2.05, 4.69) is 31.3 Å². The van der Waals surface area contributed by atoms with Gasteiger partial charge in [0.2, 0.25) is 0 Å². The summed E-state index contributed by atoms with van der Waals surface area (Å²) in [5.74, 6) is 0.871. The molecule has 18 heavy (non-hydrogen) atoms. The zero-order valence-electron chi connectivity index (χ0n) is 11.2. The maximum Gasteiger partial charge on any atom is 0.106 e. The molecule has 0 radical (unpaired) electrons. The fourth-order valence-electron chi connectivity index (χ4n) is 2.62. The van der Waals surface area contributed by atoms with E-state index in [9.17, 15) is 0 Å². The lowest BCUT2D eigenvalue weighted by Crippen LogP contribution is -2.26. The van der Waals surface area contributed by atoms with Crippen LogP contribution in [0.3, 0.4) is 0 Å². The van der Waals surface area contributed by atoms with Gasteiger partial charge in [0, 0.05) is 17.3 Å². The standard InChI is InChI=1S/C15H22N2S/c1-10-3-6-12(7-4-10)17-14-9-11(2)5-8-13(14)15(16)18/h5,8-10,12,17H,3-4,6-7H2,1-2H3,(H2,16,18). The molecule has 98 valence electrons. The molecule has 1 aliphatic rings. The molecule has 0 bridgehead atoms. The van der Waals surface area contributed by atoms with Crippen LogP contribution in [0.15, 0.2) is 18.2 Å². The summed E-state index contributed by atoms with van der Waals surface area (Å²) in [4.78, 5) is 0.474. The van der Waals surface area contributed by atoms with Crippen LogP contribution in [-0.4, -0.2) is 11.0 Å². The highest BCUT2D eigenvalue weighted by atomic mass is 32.1. The Labute approximate surface area is 115 Å². The van der Waals surface area contributed by atoms with Gasteiger partial charge in [-0.05, 0) is 56.2 Å². The minimum atomic E-state index is 0.474. The van der Waals surface area contributed by atoms with Gasteiger partial charge in [0.1, 0.15) is 4.99 Å². The predicted octanol–water partition coefficient (Wildman–Crippen LogP) is 3.62. The molecule has 3 N–H and O–H groups in total. The molecule has 3 heteroatoms. The molecule has 0 unspecified atom stereocenters. The van der Waals surface area contributed by atoms with E-state index in [1.165, 1.54) is 31.2 Å². The number of thiocarbonyl (C=S) groups is 1. The van der Waals surface area contributed by atoms with Crippen LogP contribution in [0.2, 0.25) is 0 Å². The third-order valence-electron chi connectivity index (χ3n) is 3.82. The van der Waals surface area contributed by atoms with Crippen molar-refractivity contribution in [3.8, 4) is 0 Å². The number of hydrogen-bond donors (Lipinski definition) is 2. The molecule has 0 spiro atoms. The second-order valence-corrected chi connectivity index (χ2v) is 5.95. The van der Waals surface area contributed by atoms with Gasteiger partial charge in [-0.1, -0.05) is 25.2 Å².